The Morgan fingerprint density at radius 1 is 0.922 bits per heavy atom. The van der Waals surface area contributed by atoms with Gasteiger partial charge in [0.2, 0.25) is 6.79 Å². The minimum Gasteiger partial charge on any atom is -0.481 e. The molecular formula is C43H79BrO7. The van der Waals surface area contributed by atoms with Crippen molar-refractivity contribution in [3.63, 3.8) is 0 Å². The summed E-state index contributed by atoms with van der Waals surface area (Å²) in [6, 6.07) is 0. The molecule has 0 amide bonds. The van der Waals surface area contributed by atoms with Crippen LogP contribution in [0, 0.1) is 45.3 Å². The van der Waals surface area contributed by atoms with E-state index in [1.165, 1.54) is 50.5 Å². The first-order chi connectivity index (χ1) is 23.6. The molecule has 0 aromatic rings. The van der Waals surface area contributed by atoms with Crippen LogP contribution < -0.4 is 0 Å². The lowest BCUT2D eigenvalue weighted by molar-refractivity contribution is -0.171. The van der Waals surface area contributed by atoms with Gasteiger partial charge in [-0.05, 0) is 118 Å². The second-order valence-electron chi connectivity index (χ2n) is 17.5. The fourth-order valence-electron chi connectivity index (χ4n) is 8.74. The maximum atomic E-state index is 13.4. The minimum atomic E-state index is -0.833. The topological polar surface area (TPSA) is 110 Å². The van der Waals surface area contributed by atoms with Crippen molar-refractivity contribution in [2.24, 2.45) is 45.3 Å². The SMILES string of the molecule is CC.CC.CC(=O)O.CC(Br)CC/C(C(=O)OCOC(=O)C(C)(C)C)=C1/CCC2(C)C1C[C@@H](O)C1C2CCC2CCCCC21C.CCC(C)(C)C. The van der Waals surface area contributed by atoms with E-state index in [2.05, 4.69) is 64.4 Å². The number of aliphatic carboxylic acids is 1. The smallest absolute Gasteiger partial charge is 0.336 e. The average molecular weight is 788 g/mol. The van der Waals surface area contributed by atoms with Crippen LogP contribution in [0.25, 0.3) is 0 Å². The summed E-state index contributed by atoms with van der Waals surface area (Å²) in [5.41, 5.74) is 2.18. The van der Waals surface area contributed by atoms with Gasteiger partial charge >= 0.3 is 11.9 Å². The lowest BCUT2D eigenvalue weighted by atomic mass is 9.43. The quantitative estimate of drug-likeness (QED) is 0.119. The van der Waals surface area contributed by atoms with Gasteiger partial charge in [0.05, 0.1) is 11.5 Å². The molecule has 8 heteroatoms. The van der Waals surface area contributed by atoms with E-state index in [1.54, 1.807) is 20.8 Å². The van der Waals surface area contributed by atoms with Gasteiger partial charge in [0.15, 0.2) is 0 Å². The second-order valence-corrected chi connectivity index (χ2v) is 19.1. The molecule has 300 valence electrons. The maximum absolute atomic E-state index is 13.4. The van der Waals surface area contributed by atoms with Crippen molar-refractivity contribution in [3.05, 3.63) is 11.1 Å². The number of carboxylic acids is 1. The molecule has 7 nitrogen and oxygen atoms in total. The van der Waals surface area contributed by atoms with E-state index in [9.17, 15) is 14.7 Å². The van der Waals surface area contributed by atoms with Crippen molar-refractivity contribution in [1.29, 1.82) is 0 Å². The van der Waals surface area contributed by atoms with Crippen LogP contribution in [0.4, 0.5) is 0 Å². The first-order valence-electron chi connectivity index (χ1n) is 20.2. The minimum absolute atomic E-state index is 0.106. The molecule has 4 aliphatic carbocycles. The third-order valence-corrected chi connectivity index (χ3v) is 12.3. The van der Waals surface area contributed by atoms with Crippen LogP contribution >= 0.6 is 15.9 Å². The lowest BCUT2D eigenvalue weighted by Gasteiger charge is -2.62. The van der Waals surface area contributed by atoms with E-state index in [-0.39, 0.29) is 46.4 Å². The fourth-order valence-corrected chi connectivity index (χ4v) is 8.97. The van der Waals surface area contributed by atoms with Gasteiger partial charge in [-0.15, -0.1) is 0 Å². The molecule has 0 heterocycles. The molecule has 0 aliphatic heterocycles. The van der Waals surface area contributed by atoms with Crippen LogP contribution in [-0.4, -0.2) is 45.8 Å². The Morgan fingerprint density at radius 3 is 1.96 bits per heavy atom. The number of halogens is 1. The number of rotatable bonds is 6. The van der Waals surface area contributed by atoms with Crippen molar-refractivity contribution in [2.45, 2.75) is 192 Å². The van der Waals surface area contributed by atoms with Crippen molar-refractivity contribution in [1.82, 2.24) is 0 Å². The van der Waals surface area contributed by atoms with Crippen molar-refractivity contribution in [2.75, 3.05) is 6.79 Å². The Hall–Kier alpha value is -1.41. The van der Waals surface area contributed by atoms with E-state index < -0.39 is 11.4 Å². The van der Waals surface area contributed by atoms with E-state index >= 15 is 0 Å². The van der Waals surface area contributed by atoms with Gasteiger partial charge in [-0.25, -0.2) is 4.79 Å². The van der Waals surface area contributed by atoms with E-state index in [4.69, 9.17) is 19.4 Å². The highest BCUT2D eigenvalue weighted by molar-refractivity contribution is 9.09. The van der Waals surface area contributed by atoms with Gasteiger partial charge in [0, 0.05) is 17.3 Å². The van der Waals surface area contributed by atoms with Crippen molar-refractivity contribution in [3.8, 4) is 0 Å². The Kier molecular flexibility index (Phi) is 21.5. The molecule has 0 aromatic carbocycles. The summed E-state index contributed by atoms with van der Waals surface area (Å²) in [4.78, 5) is 34.8. The zero-order chi connectivity index (χ0) is 40.0. The van der Waals surface area contributed by atoms with Crippen LogP contribution in [0.5, 0.6) is 0 Å². The van der Waals surface area contributed by atoms with Gasteiger partial charge < -0.3 is 19.7 Å². The first kappa shape index (κ1) is 49.6. The Bertz CT molecular complexity index is 1100. The molecule has 2 N–H and O–H groups in total. The maximum Gasteiger partial charge on any atom is 0.336 e. The highest BCUT2D eigenvalue weighted by atomic mass is 79.9. The number of allylic oxidation sites excluding steroid dienone is 1. The summed E-state index contributed by atoms with van der Waals surface area (Å²) in [7, 11) is 0. The molecule has 7 unspecified atom stereocenters. The van der Waals surface area contributed by atoms with Crippen LogP contribution in [0.1, 0.15) is 181 Å². The van der Waals surface area contributed by atoms with Crippen LogP contribution in [0.3, 0.4) is 0 Å². The molecule has 4 aliphatic rings. The number of hydrogen-bond acceptors (Lipinski definition) is 6. The third-order valence-electron chi connectivity index (χ3n) is 11.8. The van der Waals surface area contributed by atoms with Crippen LogP contribution in [-0.2, 0) is 23.9 Å². The average Bonchev–Trinajstić information content (AvgIpc) is 3.38. The van der Waals surface area contributed by atoms with Crippen LogP contribution in [0.15, 0.2) is 11.1 Å². The van der Waals surface area contributed by atoms with E-state index in [0.29, 0.717) is 23.7 Å². The third kappa shape index (κ3) is 14.4. The summed E-state index contributed by atoms with van der Waals surface area (Å²) >= 11 is 3.64. The molecule has 0 saturated heterocycles. The van der Waals surface area contributed by atoms with Gasteiger partial charge in [-0.2, -0.15) is 0 Å². The lowest BCUT2D eigenvalue weighted by Crippen LogP contribution is -2.58. The number of carbonyl (C=O) groups excluding carboxylic acids is 2. The predicted molar refractivity (Wildman–Crippen MR) is 215 cm³/mol. The van der Waals surface area contributed by atoms with Gasteiger partial charge in [0.25, 0.3) is 5.97 Å². The number of carboxylic acid groups (broad SMARTS) is 1. The van der Waals surface area contributed by atoms with Gasteiger partial charge in [-0.1, -0.05) is 117 Å². The summed E-state index contributed by atoms with van der Waals surface area (Å²) < 4.78 is 10.8. The summed E-state index contributed by atoms with van der Waals surface area (Å²) in [6.45, 7) is 30.0. The molecule has 8 atom stereocenters. The predicted octanol–water partition coefficient (Wildman–Crippen LogP) is 11.9. The molecule has 51 heavy (non-hydrogen) atoms. The number of carbonyl (C=O) groups is 3. The molecule has 0 bridgehead atoms. The number of aliphatic hydroxyl groups excluding tert-OH is 1. The number of ether oxygens (including phenoxy) is 2. The largest absolute Gasteiger partial charge is 0.481 e. The monoisotopic (exact) mass is 787 g/mol. The normalized spacial score (nSPS) is 30.9. The van der Waals surface area contributed by atoms with Crippen LogP contribution in [0.2, 0.25) is 0 Å². The fraction of sp³-hybridized carbons (Fsp3) is 0.884. The van der Waals surface area contributed by atoms with Crippen molar-refractivity contribution >= 4 is 33.8 Å². The molecule has 4 fully saturated rings. The molecule has 4 rings (SSSR count). The molecule has 0 spiro atoms. The summed E-state index contributed by atoms with van der Waals surface area (Å²) in [5, 5.41) is 19.1. The Balaban J connectivity index is 0.00000154. The number of esters is 2. The number of aliphatic hydroxyl groups is 1. The van der Waals surface area contributed by atoms with Gasteiger partial charge in [0.1, 0.15) is 0 Å². The highest BCUT2D eigenvalue weighted by Crippen LogP contribution is 2.68. The zero-order valence-electron chi connectivity index (χ0n) is 35.5. The molecule has 0 radical (unpaired) electrons. The Morgan fingerprint density at radius 2 is 1.47 bits per heavy atom. The summed E-state index contributed by atoms with van der Waals surface area (Å²) in [5.74, 6) is 0.229. The summed E-state index contributed by atoms with van der Waals surface area (Å²) in [6.07, 6.45) is 12.8. The molecule has 4 saturated carbocycles. The Labute approximate surface area is 322 Å². The molecule has 0 aromatic heterocycles. The standard InChI is InChI=1S/C31H49BrO5.C6H14.C2H4O2.2C2H6/c1-19(32)10-12-22(27(34)36-18-37-28(35)29(2,3)4)21-14-16-31(6)23-13-11-20-9-7-8-15-30(20,5)26(23)25(33)17-24(21)31;1-5-6(2,3)4;1-2(3)4;2*1-2/h19-20,23-26,33H,7-18H2,1-6H3;5H2,1-4H3;1H3,(H,3,4);2*1-2H3/b22-21+;;;;/t19?,20?,23?,24?,25-,26?,30?,31?;;;;/m1..../s1. The number of fused-ring (bicyclic) bond motifs is 5. The zero-order valence-corrected chi connectivity index (χ0v) is 37.1. The van der Waals surface area contributed by atoms with Crippen molar-refractivity contribution < 1.29 is 34.1 Å². The van der Waals surface area contributed by atoms with Gasteiger partial charge in [-0.3, -0.25) is 9.59 Å². The van der Waals surface area contributed by atoms with E-state index in [1.807, 2.05) is 27.7 Å². The second kappa shape index (κ2) is 22.1. The van der Waals surface area contributed by atoms with E-state index in [0.717, 1.165) is 44.1 Å². The first-order valence-corrected chi connectivity index (χ1v) is 21.1. The number of alkyl halides is 1. The highest BCUT2D eigenvalue weighted by Gasteiger charge is 2.62. The number of hydrogen-bond donors (Lipinski definition) is 2. The molecular weight excluding hydrogens is 708 g/mol.